The molecule has 0 atom stereocenters. The van der Waals surface area contributed by atoms with Crippen LogP contribution in [-0.4, -0.2) is 49.2 Å². The van der Waals surface area contributed by atoms with E-state index in [1.54, 1.807) is 0 Å². The van der Waals surface area contributed by atoms with Crippen LogP contribution in [0.25, 0.3) is 0 Å². The molecule has 0 amide bonds. The van der Waals surface area contributed by atoms with E-state index in [9.17, 15) is 4.79 Å². The first-order valence-corrected chi connectivity index (χ1v) is 6.85. The molecule has 0 aliphatic carbocycles. The molecule has 0 aromatic carbocycles. The Hall–Kier alpha value is -0.610. The Morgan fingerprint density at radius 3 is 2.39 bits per heavy atom. The van der Waals surface area contributed by atoms with Crippen molar-refractivity contribution < 1.29 is 9.53 Å². The van der Waals surface area contributed by atoms with Gasteiger partial charge in [0.1, 0.15) is 5.60 Å². The second-order valence-electron chi connectivity index (χ2n) is 6.01. The highest BCUT2D eigenvalue weighted by atomic mass is 16.6. The predicted molar refractivity (Wildman–Crippen MR) is 75.7 cm³/mol. The molecule has 0 saturated heterocycles. The lowest BCUT2D eigenvalue weighted by atomic mass is 10.2. The topological polar surface area (TPSA) is 41.6 Å². The molecule has 0 fully saturated rings. The van der Waals surface area contributed by atoms with Gasteiger partial charge >= 0.3 is 5.97 Å². The molecule has 0 bridgehead atoms. The maximum atomic E-state index is 11.4. The first-order valence-electron chi connectivity index (χ1n) is 6.85. The molecule has 0 unspecified atom stereocenters. The second-order valence-corrected chi connectivity index (χ2v) is 6.01. The summed E-state index contributed by atoms with van der Waals surface area (Å²) in [5.74, 6) is -0.130. The average Bonchev–Trinajstić information content (AvgIpc) is 2.19. The molecule has 1 N–H and O–H groups in total. The van der Waals surface area contributed by atoms with Crippen molar-refractivity contribution in [2.45, 2.75) is 59.1 Å². The lowest BCUT2D eigenvalue weighted by Crippen LogP contribution is -2.30. The number of esters is 1. The highest BCUT2D eigenvalue weighted by Crippen LogP contribution is 2.07. The van der Waals surface area contributed by atoms with E-state index in [1.807, 2.05) is 20.8 Å². The van der Waals surface area contributed by atoms with Gasteiger partial charge in [0.15, 0.2) is 0 Å². The fourth-order valence-corrected chi connectivity index (χ4v) is 1.42. The van der Waals surface area contributed by atoms with Crippen molar-refractivity contribution in [3.05, 3.63) is 0 Å². The van der Waals surface area contributed by atoms with Crippen molar-refractivity contribution in [2.24, 2.45) is 0 Å². The van der Waals surface area contributed by atoms with Gasteiger partial charge in [-0.1, -0.05) is 0 Å². The molecule has 0 aliphatic heterocycles. The molecule has 18 heavy (non-hydrogen) atoms. The van der Waals surface area contributed by atoms with Gasteiger partial charge in [0.25, 0.3) is 0 Å². The quantitative estimate of drug-likeness (QED) is 0.534. The maximum Gasteiger partial charge on any atom is 0.307 e. The molecule has 108 valence electrons. The zero-order chi connectivity index (χ0) is 14.2. The summed E-state index contributed by atoms with van der Waals surface area (Å²) in [5, 5.41) is 3.27. The van der Waals surface area contributed by atoms with Crippen molar-refractivity contribution in [1.29, 1.82) is 0 Å². The zero-order valence-electron chi connectivity index (χ0n) is 12.9. The Labute approximate surface area is 112 Å². The number of ether oxygens (including phenoxy) is 1. The van der Waals surface area contributed by atoms with Crippen LogP contribution in [0.3, 0.4) is 0 Å². The Bertz CT molecular complexity index is 234. The summed E-state index contributed by atoms with van der Waals surface area (Å²) in [6.45, 7) is 12.8. The van der Waals surface area contributed by atoms with Crippen molar-refractivity contribution in [1.82, 2.24) is 10.2 Å². The fraction of sp³-hybridized carbons (Fsp3) is 0.929. The van der Waals surface area contributed by atoms with E-state index >= 15 is 0 Å². The summed E-state index contributed by atoms with van der Waals surface area (Å²) in [4.78, 5) is 13.7. The molecule has 0 radical (unpaired) electrons. The number of nitrogens with one attached hydrogen (secondary N) is 1. The Kier molecular flexibility index (Phi) is 8.20. The van der Waals surface area contributed by atoms with Gasteiger partial charge in [-0.05, 0) is 61.2 Å². The first-order chi connectivity index (χ1) is 8.22. The Balaban J connectivity index is 3.44. The third-order valence-corrected chi connectivity index (χ3v) is 2.67. The molecule has 4 heteroatoms. The number of rotatable bonds is 8. The maximum absolute atomic E-state index is 11.4. The molecule has 0 heterocycles. The second kappa shape index (κ2) is 8.48. The van der Waals surface area contributed by atoms with Gasteiger partial charge < -0.3 is 15.0 Å². The van der Waals surface area contributed by atoms with Crippen LogP contribution in [0.1, 0.15) is 47.5 Å². The molecule has 0 spiro atoms. The smallest absolute Gasteiger partial charge is 0.307 e. The summed E-state index contributed by atoms with van der Waals surface area (Å²) >= 11 is 0. The van der Waals surface area contributed by atoms with Gasteiger partial charge in [0.05, 0.1) is 6.42 Å². The molecule has 0 aromatic rings. The van der Waals surface area contributed by atoms with Gasteiger partial charge in [-0.15, -0.1) is 0 Å². The minimum Gasteiger partial charge on any atom is -0.460 e. The van der Waals surface area contributed by atoms with Crippen LogP contribution >= 0.6 is 0 Å². The predicted octanol–water partition coefficient (Wildman–Crippen LogP) is 2.04. The molecule has 0 rings (SSSR count). The Morgan fingerprint density at radius 2 is 1.89 bits per heavy atom. The summed E-state index contributed by atoms with van der Waals surface area (Å²) in [6, 6.07) is 0.590. The zero-order valence-corrected chi connectivity index (χ0v) is 12.9. The van der Waals surface area contributed by atoms with E-state index in [0.717, 1.165) is 19.5 Å². The Morgan fingerprint density at radius 1 is 1.28 bits per heavy atom. The summed E-state index contributed by atoms with van der Waals surface area (Å²) in [6.07, 6.45) is 1.54. The van der Waals surface area contributed by atoms with E-state index in [2.05, 4.69) is 31.1 Å². The number of carbonyl (C=O) groups is 1. The SMILES string of the molecule is CC(C)N(C)CCCNCCC(=O)OC(C)(C)C. The third kappa shape index (κ3) is 10.5. The van der Waals surface area contributed by atoms with E-state index in [4.69, 9.17) is 4.74 Å². The van der Waals surface area contributed by atoms with Gasteiger partial charge in [0, 0.05) is 12.6 Å². The van der Waals surface area contributed by atoms with Gasteiger partial charge in [-0.25, -0.2) is 0 Å². The third-order valence-electron chi connectivity index (χ3n) is 2.67. The molecular formula is C14H30N2O2. The van der Waals surface area contributed by atoms with Crippen LogP contribution in [0, 0.1) is 0 Å². The van der Waals surface area contributed by atoms with Crippen LogP contribution in [0.15, 0.2) is 0 Å². The highest BCUT2D eigenvalue weighted by molar-refractivity contribution is 5.70. The van der Waals surface area contributed by atoms with Gasteiger partial charge in [0.2, 0.25) is 0 Å². The van der Waals surface area contributed by atoms with Crippen molar-refractivity contribution in [2.75, 3.05) is 26.7 Å². The minimum absolute atomic E-state index is 0.130. The van der Waals surface area contributed by atoms with Crippen LogP contribution in [-0.2, 0) is 9.53 Å². The first kappa shape index (κ1) is 17.4. The number of hydrogen-bond donors (Lipinski definition) is 1. The molecular weight excluding hydrogens is 228 g/mol. The molecule has 0 saturated carbocycles. The molecule has 4 nitrogen and oxygen atoms in total. The lowest BCUT2D eigenvalue weighted by Gasteiger charge is -2.21. The lowest BCUT2D eigenvalue weighted by molar-refractivity contribution is -0.154. The van der Waals surface area contributed by atoms with E-state index in [1.165, 1.54) is 0 Å². The number of carbonyl (C=O) groups excluding carboxylic acids is 1. The van der Waals surface area contributed by atoms with E-state index in [0.29, 0.717) is 19.0 Å². The monoisotopic (exact) mass is 258 g/mol. The van der Waals surface area contributed by atoms with E-state index < -0.39 is 0 Å². The van der Waals surface area contributed by atoms with Crippen molar-refractivity contribution in [3.63, 3.8) is 0 Å². The molecule has 0 aliphatic rings. The summed E-state index contributed by atoms with van der Waals surface area (Å²) < 4.78 is 5.23. The van der Waals surface area contributed by atoms with Crippen molar-refractivity contribution >= 4 is 5.97 Å². The van der Waals surface area contributed by atoms with Crippen LogP contribution < -0.4 is 5.32 Å². The largest absolute Gasteiger partial charge is 0.460 e. The number of nitrogens with zero attached hydrogens (tertiary/aromatic N) is 1. The van der Waals surface area contributed by atoms with Crippen LogP contribution in [0.4, 0.5) is 0 Å². The standard InChI is InChI=1S/C14H30N2O2/c1-12(2)16(6)11-7-9-15-10-8-13(17)18-14(3,4)5/h12,15H,7-11H2,1-6H3. The minimum atomic E-state index is -0.378. The van der Waals surface area contributed by atoms with E-state index in [-0.39, 0.29) is 11.6 Å². The highest BCUT2D eigenvalue weighted by Gasteiger charge is 2.15. The van der Waals surface area contributed by atoms with Gasteiger partial charge in [-0.2, -0.15) is 0 Å². The van der Waals surface area contributed by atoms with Gasteiger partial charge in [-0.3, -0.25) is 4.79 Å². The van der Waals surface area contributed by atoms with Crippen LogP contribution in [0.5, 0.6) is 0 Å². The number of hydrogen-bond acceptors (Lipinski definition) is 4. The summed E-state index contributed by atoms with van der Waals surface area (Å²) in [5.41, 5.74) is -0.378. The van der Waals surface area contributed by atoms with Crippen molar-refractivity contribution in [3.8, 4) is 0 Å². The normalized spacial score (nSPS) is 12.2. The summed E-state index contributed by atoms with van der Waals surface area (Å²) in [7, 11) is 2.13. The molecule has 0 aromatic heterocycles. The average molecular weight is 258 g/mol. The van der Waals surface area contributed by atoms with Crippen LogP contribution in [0.2, 0.25) is 0 Å². The fourth-order valence-electron chi connectivity index (χ4n) is 1.42.